The van der Waals surface area contributed by atoms with Gasteiger partial charge in [-0.2, -0.15) is 0 Å². The summed E-state index contributed by atoms with van der Waals surface area (Å²) in [5.74, 6) is -0.462. The molecule has 0 bridgehead atoms. The van der Waals surface area contributed by atoms with Crippen LogP contribution in [0.2, 0.25) is 0 Å². The zero-order chi connectivity index (χ0) is 12.0. The first-order chi connectivity index (χ1) is 7.63. The predicted molar refractivity (Wildman–Crippen MR) is 65.0 cm³/mol. The Morgan fingerprint density at radius 3 is 2.56 bits per heavy atom. The highest BCUT2D eigenvalue weighted by molar-refractivity contribution is 9.10. The molecule has 3 nitrogen and oxygen atoms in total. The average Bonchev–Trinajstić information content (AvgIpc) is 2.30. The van der Waals surface area contributed by atoms with E-state index < -0.39 is 0 Å². The van der Waals surface area contributed by atoms with Crippen LogP contribution in [0, 0.1) is 5.92 Å². The van der Waals surface area contributed by atoms with Crippen molar-refractivity contribution >= 4 is 21.9 Å². The Morgan fingerprint density at radius 1 is 1.38 bits per heavy atom. The Bertz CT molecular complexity index is 335. The van der Waals surface area contributed by atoms with Crippen LogP contribution in [-0.4, -0.2) is 19.7 Å². The second-order valence-electron chi connectivity index (χ2n) is 3.57. The Hall–Kier alpha value is -0.870. The van der Waals surface area contributed by atoms with Crippen LogP contribution < -0.4 is 0 Å². The van der Waals surface area contributed by atoms with Crippen molar-refractivity contribution in [1.29, 1.82) is 0 Å². The molecule has 0 amide bonds. The highest BCUT2D eigenvalue weighted by Crippen LogP contribution is 2.11. The van der Waals surface area contributed by atoms with Gasteiger partial charge in [0.1, 0.15) is 0 Å². The molecule has 1 rings (SSSR count). The van der Waals surface area contributed by atoms with Crippen LogP contribution in [0.25, 0.3) is 0 Å². The van der Waals surface area contributed by atoms with E-state index in [4.69, 9.17) is 4.74 Å². The topological polar surface area (TPSA) is 35.5 Å². The fourth-order valence-corrected chi connectivity index (χ4v) is 1.47. The van der Waals surface area contributed by atoms with Crippen LogP contribution in [-0.2, 0) is 20.9 Å². The van der Waals surface area contributed by atoms with Crippen molar-refractivity contribution in [3.05, 3.63) is 34.3 Å². The average molecular weight is 287 g/mol. The Balaban J connectivity index is 2.30. The molecule has 0 aliphatic heterocycles. The number of carbonyl (C=O) groups excluding carboxylic acids is 1. The van der Waals surface area contributed by atoms with Gasteiger partial charge in [0.25, 0.3) is 0 Å². The summed E-state index contributed by atoms with van der Waals surface area (Å²) in [5.41, 5.74) is 1.08. The summed E-state index contributed by atoms with van der Waals surface area (Å²) < 4.78 is 11.1. The molecule has 1 unspecified atom stereocenters. The van der Waals surface area contributed by atoms with E-state index in [1.54, 1.807) is 6.92 Å². The summed E-state index contributed by atoms with van der Waals surface area (Å²) in [4.78, 5) is 11.1. The fourth-order valence-electron chi connectivity index (χ4n) is 1.20. The molecule has 0 aromatic heterocycles. The van der Waals surface area contributed by atoms with Crippen molar-refractivity contribution in [2.24, 2.45) is 5.92 Å². The molecule has 1 atom stereocenters. The van der Waals surface area contributed by atoms with Crippen molar-refractivity contribution in [1.82, 2.24) is 0 Å². The summed E-state index contributed by atoms with van der Waals surface area (Å²) in [5, 5.41) is 0. The zero-order valence-electron chi connectivity index (χ0n) is 9.40. The lowest BCUT2D eigenvalue weighted by Crippen LogP contribution is -2.18. The number of hydrogen-bond donors (Lipinski definition) is 0. The molecule has 0 saturated heterocycles. The standard InChI is InChI=1S/C12H15BrO3/c1-9(12(14)15-2)7-16-8-10-3-5-11(13)6-4-10/h3-6,9H,7-8H2,1-2H3. The largest absolute Gasteiger partial charge is 0.469 e. The van der Waals surface area contributed by atoms with Gasteiger partial charge in [0.05, 0.1) is 26.2 Å². The maximum Gasteiger partial charge on any atom is 0.310 e. The number of carbonyl (C=O) groups is 1. The van der Waals surface area contributed by atoms with Gasteiger partial charge in [-0.25, -0.2) is 0 Å². The van der Waals surface area contributed by atoms with E-state index in [9.17, 15) is 4.79 Å². The van der Waals surface area contributed by atoms with E-state index in [0.717, 1.165) is 10.0 Å². The lowest BCUT2D eigenvalue weighted by Gasteiger charge is -2.09. The number of rotatable bonds is 5. The van der Waals surface area contributed by atoms with Crippen LogP contribution in [0.3, 0.4) is 0 Å². The highest BCUT2D eigenvalue weighted by Gasteiger charge is 2.12. The van der Waals surface area contributed by atoms with Crippen LogP contribution in [0.15, 0.2) is 28.7 Å². The molecular weight excluding hydrogens is 272 g/mol. The number of esters is 1. The van der Waals surface area contributed by atoms with Gasteiger partial charge in [-0.15, -0.1) is 0 Å². The molecule has 0 N–H and O–H groups in total. The van der Waals surface area contributed by atoms with Crippen molar-refractivity contribution in [2.75, 3.05) is 13.7 Å². The summed E-state index contributed by atoms with van der Waals surface area (Å²) in [6, 6.07) is 7.88. The minimum Gasteiger partial charge on any atom is -0.469 e. The fraction of sp³-hybridized carbons (Fsp3) is 0.417. The molecule has 1 aromatic rings. The molecule has 0 aliphatic carbocycles. The van der Waals surface area contributed by atoms with Crippen LogP contribution in [0.5, 0.6) is 0 Å². The first-order valence-electron chi connectivity index (χ1n) is 5.03. The Kier molecular flexibility index (Phi) is 5.49. The highest BCUT2D eigenvalue weighted by atomic mass is 79.9. The minimum atomic E-state index is -0.240. The maximum absolute atomic E-state index is 11.1. The quantitative estimate of drug-likeness (QED) is 0.781. The molecule has 0 spiro atoms. The smallest absolute Gasteiger partial charge is 0.310 e. The van der Waals surface area contributed by atoms with E-state index in [1.807, 2.05) is 24.3 Å². The van der Waals surface area contributed by atoms with Gasteiger partial charge >= 0.3 is 5.97 Å². The number of hydrogen-bond acceptors (Lipinski definition) is 3. The van der Waals surface area contributed by atoms with Gasteiger partial charge in [0.15, 0.2) is 0 Å². The number of benzene rings is 1. The molecule has 0 aliphatic rings. The van der Waals surface area contributed by atoms with Crippen molar-refractivity contribution in [2.45, 2.75) is 13.5 Å². The zero-order valence-corrected chi connectivity index (χ0v) is 11.0. The molecule has 88 valence electrons. The molecule has 4 heteroatoms. The van der Waals surface area contributed by atoms with E-state index >= 15 is 0 Å². The van der Waals surface area contributed by atoms with E-state index in [1.165, 1.54) is 7.11 Å². The first-order valence-corrected chi connectivity index (χ1v) is 5.83. The van der Waals surface area contributed by atoms with E-state index in [0.29, 0.717) is 13.2 Å². The summed E-state index contributed by atoms with van der Waals surface area (Å²) in [7, 11) is 1.38. The minimum absolute atomic E-state index is 0.222. The van der Waals surface area contributed by atoms with Crippen molar-refractivity contribution < 1.29 is 14.3 Å². The van der Waals surface area contributed by atoms with Gasteiger partial charge in [-0.05, 0) is 24.6 Å². The Morgan fingerprint density at radius 2 is 2.00 bits per heavy atom. The third-order valence-electron chi connectivity index (χ3n) is 2.15. The van der Waals surface area contributed by atoms with Crippen molar-refractivity contribution in [3.63, 3.8) is 0 Å². The third kappa shape index (κ3) is 4.33. The molecule has 0 radical (unpaired) electrons. The van der Waals surface area contributed by atoms with Crippen LogP contribution in [0.1, 0.15) is 12.5 Å². The monoisotopic (exact) mass is 286 g/mol. The van der Waals surface area contributed by atoms with E-state index in [-0.39, 0.29) is 11.9 Å². The molecule has 0 saturated carbocycles. The molecule has 16 heavy (non-hydrogen) atoms. The first kappa shape index (κ1) is 13.2. The van der Waals surface area contributed by atoms with E-state index in [2.05, 4.69) is 20.7 Å². The molecule has 1 aromatic carbocycles. The SMILES string of the molecule is COC(=O)C(C)COCc1ccc(Br)cc1. The Labute approximate surface area is 104 Å². The number of halogens is 1. The number of ether oxygens (including phenoxy) is 2. The number of methoxy groups -OCH3 is 1. The lowest BCUT2D eigenvalue weighted by atomic mass is 10.2. The summed E-state index contributed by atoms with van der Waals surface area (Å²) in [6.45, 7) is 2.67. The van der Waals surface area contributed by atoms with Gasteiger partial charge < -0.3 is 9.47 Å². The van der Waals surface area contributed by atoms with Crippen molar-refractivity contribution in [3.8, 4) is 0 Å². The third-order valence-corrected chi connectivity index (χ3v) is 2.68. The predicted octanol–water partition coefficient (Wildman–Crippen LogP) is 2.77. The van der Waals surface area contributed by atoms with Gasteiger partial charge in [0.2, 0.25) is 0 Å². The molecular formula is C12H15BrO3. The second kappa shape index (κ2) is 6.66. The van der Waals surface area contributed by atoms with Gasteiger partial charge in [-0.1, -0.05) is 28.1 Å². The van der Waals surface area contributed by atoms with Gasteiger partial charge in [0, 0.05) is 4.47 Å². The summed E-state index contributed by atoms with van der Waals surface area (Å²) in [6.07, 6.45) is 0. The lowest BCUT2D eigenvalue weighted by molar-refractivity contribution is -0.147. The normalized spacial score (nSPS) is 12.2. The van der Waals surface area contributed by atoms with Gasteiger partial charge in [-0.3, -0.25) is 4.79 Å². The maximum atomic E-state index is 11.1. The second-order valence-corrected chi connectivity index (χ2v) is 4.48. The summed E-state index contributed by atoms with van der Waals surface area (Å²) >= 11 is 3.36. The molecule has 0 heterocycles. The molecule has 0 fully saturated rings. The van der Waals surface area contributed by atoms with Crippen LogP contribution in [0.4, 0.5) is 0 Å². The van der Waals surface area contributed by atoms with Crippen LogP contribution >= 0.6 is 15.9 Å².